The molecule has 1 amide bonds. The van der Waals surface area contributed by atoms with Crippen molar-refractivity contribution in [1.82, 2.24) is 14.5 Å². The first kappa shape index (κ1) is 22.4. The van der Waals surface area contributed by atoms with E-state index in [2.05, 4.69) is 13.8 Å². The number of piperidine rings is 1. The largest absolute Gasteiger partial charge is 0.376 e. The van der Waals surface area contributed by atoms with E-state index in [0.717, 1.165) is 61.8 Å². The van der Waals surface area contributed by atoms with Crippen molar-refractivity contribution in [2.45, 2.75) is 102 Å². The van der Waals surface area contributed by atoms with Crippen LogP contribution in [0, 0.1) is 0 Å². The first-order chi connectivity index (χ1) is 15.5. The van der Waals surface area contributed by atoms with Crippen LogP contribution in [0.25, 0.3) is 10.2 Å². The summed E-state index contributed by atoms with van der Waals surface area (Å²) in [6.07, 6.45) is 9.72. The minimum absolute atomic E-state index is 0.0543. The third kappa shape index (κ3) is 4.26. The molecule has 0 saturated carbocycles. The quantitative estimate of drug-likeness (QED) is 0.474. The zero-order valence-corrected chi connectivity index (χ0v) is 20.7. The second-order valence-electron chi connectivity index (χ2n) is 9.55. The number of hydrogen-bond acceptors (Lipinski definition) is 6. The topological polar surface area (TPSA) is 64.4 Å². The Hall–Kier alpha value is -1.38. The van der Waals surface area contributed by atoms with Gasteiger partial charge in [0.15, 0.2) is 5.16 Å². The summed E-state index contributed by atoms with van der Waals surface area (Å²) in [6, 6.07) is 0.556. The average molecular weight is 476 g/mol. The van der Waals surface area contributed by atoms with Crippen LogP contribution in [0.5, 0.6) is 0 Å². The lowest BCUT2D eigenvalue weighted by atomic mass is 9.97. The van der Waals surface area contributed by atoms with Crippen molar-refractivity contribution >= 4 is 39.2 Å². The molecule has 174 valence electrons. The number of thioether (sulfide) groups is 1. The summed E-state index contributed by atoms with van der Waals surface area (Å²) in [5, 5.41) is 1.49. The molecule has 1 aliphatic carbocycles. The van der Waals surface area contributed by atoms with Gasteiger partial charge < -0.3 is 9.64 Å². The molecule has 0 unspecified atom stereocenters. The molecular formula is C24H33N3O3S2. The van der Waals surface area contributed by atoms with Crippen LogP contribution in [0.3, 0.4) is 0 Å². The van der Waals surface area contributed by atoms with Gasteiger partial charge in [0.05, 0.1) is 23.8 Å². The van der Waals surface area contributed by atoms with Crippen LogP contribution < -0.4 is 5.56 Å². The number of ether oxygens (including phenoxy) is 1. The van der Waals surface area contributed by atoms with Crippen LogP contribution in [0.2, 0.25) is 0 Å². The van der Waals surface area contributed by atoms with E-state index >= 15 is 0 Å². The average Bonchev–Trinajstić information content (AvgIpc) is 3.41. The summed E-state index contributed by atoms with van der Waals surface area (Å²) in [6.45, 7) is 5.58. The number of fused-ring (bicyclic) bond motifs is 3. The van der Waals surface area contributed by atoms with Crippen molar-refractivity contribution in [2.24, 2.45) is 0 Å². The van der Waals surface area contributed by atoms with Crippen LogP contribution in [0.15, 0.2) is 9.95 Å². The Balaban J connectivity index is 1.46. The van der Waals surface area contributed by atoms with Gasteiger partial charge in [-0.2, -0.15) is 0 Å². The Labute approximate surface area is 197 Å². The lowest BCUT2D eigenvalue weighted by Gasteiger charge is -2.39. The molecule has 3 atom stereocenters. The Kier molecular flexibility index (Phi) is 6.63. The number of aryl methyl sites for hydroxylation is 2. The Morgan fingerprint density at radius 2 is 1.91 bits per heavy atom. The molecule has 3 aliphatic rings. The number of carbonyl (C=O) groups excluding carboxylic acids is 1. The van der Waals surface area contributed by atoms with E-state index < -0.39 is 0 Å². The molecule has 2 aliphatic heterocycles. The number of carbonyl (C=O) groups is 1. The van der Waals surface area contributed by atoms with Gasteiger partial charge in [-0.25, -0.2) is 4.98 Å². The van der Waals surface area contributed by atoms with Crippen LogP contribution in [0.4, 0.5) is 0 Å². The van der Waals surface area contributed by atoms with Crippen molar-refractivity contribution in [3.63, 3.8) is 0 Å². The van der Waals surface area contributed by atoms with E-state index in [1.54, 1.807) is 15.9 Å². The van der Waals surface area contributed by atoms with Gasteiger partial charge in [0.2, 0.25) is 5.91 Å². The van der Waals surface area contributed by atoms with Crippen molar-refractivity contribution in [3.8, 4) is 0 Å². The third-order valence-corrected chi connectivity index (χ3v) is 9.40. The highest BCUT2D eigenvalue weighted by Crippen LogP contribution is 2.35. The molecule has 2 aromatic heterocycles. The normalized spacial score (nSPS) is 25.9. The first-order valence-electron chi connectivity index (χ1n) is 12.1. The van der Waals surface area contributed by atoms with Gasteiger partial charge >= 0.3 is 0 Å². The van der Waals surface area contributed by atoms with Gasteiger partial charge in [-0.05, 0) is 77.2 Å². The molecule has 6 nitrogen and oxygen atoms in total. The Morgan fingerprint density at radius 3 is 2.66 bits per heavy atom. The molecule has 0 radical (unpaired) electrons. The second-order valence-corrected chi connectivity index (χ2v) is 11.6. The number of likely N-dealkylation sites (tertiary alicyclic amines) is 1. The summed E-state index contributed by atoms with van der Waals surface area (Å²) in [4.78, 5) is 36.0. The number of aromatic nitrogens is 2. The standard InChI is InChI=1S/C24H33N3O3S2/c1-15-7-5-8-16(2)27(15)20(28)14-31-24-25-22-21(18-10-3-4-11-19(18)32-22)23(29)26(24)13-17-9-6-12-30-17/h15-17H,3-14H2,1-2H3/t15-,16+,17-/m0/s1. The van der Waals surface area contributed by atoms with Crippen LogP contribution in [-0.2, 0) is 28.9 Å². The fraction of sp³-hybridized carbons (Fsp3) is 0.708. The van der Waals surface area contributed by atoms with Gasteiger partial charge in [-0.1, -0.05) is 11.8 Å². The summed E-state index contributed by atoms with van der Waals surface area (Å²) >= 11 is 3.10. The molecule has 2 fully saturated rings. The minimum atomic E-state index is 0.0543. The molecule has 2 aromatic rings. The fourth-order valence-electron chi connectivity index (χ4n) is 5.60. The van der Waals surface area contributed by atoms with Gasteiger partial charge in [-0.3, -0.25) is 14.2 Å². The van der Waals surface area contributed by atoms with Gasteiger partial charge in [-0.15, -0.1) is 11.3 Å². The zero-order valence-electron chi connectivity index (χ0n) is 19.1. The molecule has 0 spiro atoms. The van der Waals surface area contributed by atoms with Crippen LogP contribution in [0.1, 0.15) is 69.2 Å². The molecular weight excluding hydrogens is 442 g/mol. The summed E-state index contributed by atoms with van der Waals surface area (Å²) < 4.78 is 7.66. The summed E-state index contributed by atoms with van der Waals surface area (Å²) in [5.74, 6) is 0.474. The smallest absolute Gasteiger partial charge is 0.263 e. The number of amides is 1. The molecule has 0 bridgehead atoms. The van der Waals surface area contributed by atoms with Crippen molar-refractivity contribution < 1.29 is 9.53 Å². The van der Waals surface area contributed by atoms with E-state index in [4.69, 9.17) is 9.72 Å². The number of rotatable bonds is 5. The predicted octanol–water partition coefficient (Wildman–Crippen LogP) is 4.40. The number of hydrogen-bond donors (Lipinski definition) is 0. The van der Waals surface area contributed by atoms with E-state index in [1.165, 1.54) is 35.0 Å². The molecule has 5 rings (SSSR count). The lowest BCUT2D eigenvalue weighted by molar-refractivity contribution is -0.134. The highest BCUT2D eigenvalue weighted by molar-refractivity contribution is 7.99. The molecule has 32 heavy (non-hydrogen) atoms. The molecule has 0 aromatic carbocycles. The highest BCUT2D eigenvalue weighted by atomic mass is 32.2. The first-order valence-corrected chi connectivity index (χ1v) is 13.9. The Bertz CT molecular complexity index is 1050. The molecule has 4 heterocycles. The van der Waals surface area contributed by atoms with E-state index in [-0.39, 0.29) is 29.7 Å². The van der Waals surface area contributed by atoms with Crippen molar-refractivity contribution in [2.75, 3.05) is 12.4 Å². The van der Waals surface area contributed by atoms with Gasteiger partial charge in [0, 0.05) is 23.6 Å². The molecule has 0 N–H and O–H groups in total. The zero-order chi connectivity index (χ0) is 22.2. The molecule has 2 saturated heterocycles. The Morgan fingerprint density at radius 1 is 1.12 bits per heavy atom. The summed E-state index contributed by atoms with van der Waals surface area (Å²) in [7, 11) is 0. The fourth-order valence-corrected chi connectivity index (χ4v) is 7.78. The van der Waals surface area contributed by atoms with Crippen molar-refractivity contribution in [1.29, 1.82) is 0 Å². The monoisotopic (exact) mass is 475 g/mol. The lowest BCUT2D eigenvalue weighted by Crippen LogP contribution is -2.48. The van der Waals surface area contributed by atoms with Gasteiger partial charge in [0.25, 0.3) is 5.56 Å². The maximum atomic E-state index is 13.7. The maximum absolute atomic E-state index is 13.7. The van der Waals surface area contributed by atoms with E-state index in [9.17, 15) is 9.59 Å². The van der Waals surface area contributed by atoms with E-state index in [0.29, 0.717) is 17.5 Å². The summed E-state index contributed by atoms with van der Waals surface area (Å²) in [5.41, 5.74) is 1.28. The van der Waals surface area contributed by atoms with E-state index in [1.807, 2.05) is 4.90 Å². The third-order valence-electron chi connectivity index (χ3n) is 7.26. The van der Waals surface area contributed by atoms with Crippen LogP contribution >= 0.6 is 23.1 Å². The van der Waals surface area contributed by atoms with Crippen molar-refractivity contribution in [3.05, 3.63) is 20.8 Å². The van der Waals surface area contributed by atoms with Crippen LogP contribution in [-0.4, -0.2) is 50.9 Å². The SMILES string of the molecule is C[C@@H]1CCC[C@H](C)N1C(=O)CSc1nc2sc3c(c2c(=O)n1C[C@@H]1CCCO1)CCCC3. The molecule has 8 heteroatoms. The maximum Gasteiger partial charge on any atom is 0.263 e. The highest BCUT2D eigenvalue weighted by Gasteiger charge is 2.30. The minimum Gasteiger partial charge on any atom is -0.376 e. The predicted molar refractivity (Wildman–Crippen MR) is 130 cm³/mol. The number of nitrogens with zero attached hydrogens (tertiary/aromatic N) is 3. The van der Waals surface area contributed by atoms with Gasteiger partial charge in [0.1, 0.15) is 4.83 Å². The second kappa shape index (κ2) is 9.47. The number of thiophene rings is 1.